The fourth-order valence-electron chi connectivity index (χ4n) is 4.05. The van der Waals surface area contributed by atoms with E-state index < -0.39 is 17.7 Å². The van der Waals surface area contributed by atoms with E-state index in [1.165, 1.54) is 28.8 Å². The molecule has 8 nitrogen and oxygen atoms in total. The zero-order valence-corrected chi connectivity index (χ0v) is 22.4. The molecule has 0 bridgehead atoms. The Balaban J connectivity index is 1.48. The summed E-state index contributed by atoms with van der Waals surface area (Å²) in [6, 6.07) is 15.3. The highest BCUT2D eigenvalue weighted by molar-refractivity contribution is 8.00. The number of aliphatic hydroxyl groups excluding tert-OH is 1. The van der Waals surface area contributed by atoms with E-state index in [2.05, 4.69) is 15.2 Å². The van der Waals surface area contributed by atoms with Crippen molar-refractivity contribution in [2.75, 3.05) is 11.5 Å². The molecule has 1 amide bonds. The molecule has 0 spiro atoms. The Hall–Kier alpha value is -4.09. The summed E-state index contributed by atoms with van der Waals surface area (Å²) in [5.74, 6) is -1.10. The molecule has 1 N–H and O–H groups in total. The van der Waals surface area contributed by atoms with Crippen LogP contribution in [0.15, 0.2) is 83.0 Å². The van der Waals surface area contributed by atoms with Crippen molar-refractivity contribution in [1.29, 1.82) is 0 Å². The van der Waals surface area contributed by atoms with Crippen LogP contribution in [0.1, 0.15) is 36.1 Å². The zero-order chi connectivity index (χ0) is 27.4. The average molecular weight is 563 g/mol. The van der Waals surface area contributed by atoms with E-state index in [4.69, 9.17) is 4.74 Å². The van der Waals surface area contributed by atoms with Gasteiger partial charge >= 0.3 is 5.91 Å². The third-order valence-electron chi connectivity index (χ3n) is 5.92. The summed E-state index contributed by atoms with van der Waals surface area (Å²) in [6.07, 6.45) is 3.98. The molecule has 0 radical (unpaired) electrons. The highest BCUT2D eigenvalue weighted by Gasteiger charge is 2.48. The van der Waals surface area contributed by atoms with Gasteiger partial charge in [0.15, 0.2) is 4.34 Å². The van der Waals surface area contributed by atoms with Gasteiger partial charge in [0.05, 0.1) is 18.2 Å². The Morgan fingerprint density at radius 1 is 1.10 bits per heavy atom. The first-order valence-corrected chi connectivity index (χ1v) is 13.9. The van der Waals surface area contributed by atoms with Crippen LogP contribution in [0.5, 0.6) is 5.75 Å². The molecule has 0 saturated carbocycles. The van der Waals surface area contributed by atoms with Crippen molar-refractivity contribution in [3.05, 3.63) is 101 Å². The SMILES string of the molecule is CCCOc1ccc(/C(O)=C2/C(=O)C(=O)N(c3nnc(SCc4ccc(F)cc4)s3)C2c2cccnc2)cc1. The maximum Gasteiger partial charge on any atom is 0.301 e. The lowest BCUT2D eigenvalue weighted by atomic mass is 9.96. The van der Waals surface area contributed by atoms with Crippen LogP contribution in [-0.4, -0.2) is 38.6 Å². The summed E-state index contributed by atoms with van der Waals surface area (Å²) in [5, 5.41) is 19.9. The number of Topliss-reactive ketones (excluding diaryl/α,β-unsaturated/α-hetero) is 1. The molecule has 2 aromatic carbocycles. The predicted octanol–water partition coefficient (Wildman–Crippen LogP) is 5.78. The Kier molecular flexibility index (Phi) is 7.99. The van der Waals surface area contributed by atoms with E-state index in [0.717, 1.165) is 23.3 Å². The number of benzene rings is 2. The number of carbonyl (C=O) groups excluding carboxylic acids is 2. The van der Waals surface area contributed by atoms with Gasteiger partial charge in [-0.2, -0.15) is 0 Å². The number of amides is 1. The van der Waals surface area contributed by atoms with Gasteiger partial charge in [-0.1, -0.05) is 48.2 Å². The minimum absolute atomic E-state index is 0.0639. The summed E-state index contributed by atoms with van der Waals surface area (Å²) < 4.78 is 19.4. The molecule has 1 atom stereocenters. The zero-order valence-electron chi connectivity index (χ0n) is 20.8. The minimum Gasteiger partial charge on any atom is -0.507 e. The molecule has 1 aliphatic heterocycles. The summed E-state index contributed by atoms with van der Waals surface area (Å²) in [5.41, 5.74) is 1.75. The lowest BCUT2D eigenvalue weighted by Gasteiger charge is -2.22. The molecular formula is C28H23FN4O4S2. The standard InChI is InChI=1S/C28H23FN4O4S2/c1-2-14-37-21-11-7-18(8-12-21)24(34)22-23(19-4-3-13-30-15-19)33(26(36)25(22)35)27-31-32-28(39-27)38-16-17-5-9-20(29)10-6-17/h3-13,15,23,34H,2,14,16H2,1H3/b24-22-. The number of hydrogen-bond acceptors (Lipinski definition) is 9. The fraction of sp³-hybridized carbons (Fsp3) is 0.179. The van der Waals surface area contributed by atoms with Gasteiger partial charge in [-0.25, -0.2) is 4.39 Å². The molecule has 1 unspecified atom stereocenters. The average Bonchev–Trinajstić information content (AvgIpc) is 3.54. The molecule has 0 aliphatic carbocycles. The van der Waals surface area contributed by atoms with Crippen LogP contribution in [0.2, 0.25) is 0 Å². The Morgan fingerprint density at radius 2 is 1.87 bits per heavy atom. The van der Waals surface area contributed by atoms with Gasteiger partial charge in [-0.3, -0.25) is 19.5 Å². The summed E-state index contributed by atoms with van der Waals surface area (Å²) in [4.78, 5) is 32.0. The van der Waals surface area contributed by atoms with Crippen molar-refractivity contribution in [3.63, 3.8) is 0 Å². The van der Waals surface area contributed by atoms with Crippen molar-refractivity contribution < 1.29 is 23.8 Å². The number of pyridine rings is 1. The van der Waals surface area contributed by atoms with Crippen molar-refractivity contribution in [3.8, 4) is 5.75 Å². The van der Waals surface area contributed by atoms with E-state index in [9.17, 15) is 19.1 Å². The Morgan fingerprint density at radius 3 is 2.56 bits per heavy atom. The third kappa shape index (κ3) is 5.69. The lowest BCUT2D eigenvalue weighted by Crippen LogP contribution is -2.29. The highest BCUT2D eigenvalue weighted by Crippen LogP contribution is 2.44. The number of ketones is 1. The minimum atomic E-state index is -0.947. The monoisotopic (exact) mass is 562 g/mol. The van der Waals surface area contributed by atoms with E-state index in [0.29, 0.717) is 33.6 Å². The Labute approximate surface area is 232 Å². The fourth-order valence-corrected chi connectivity index (χ4v) is 5.87. The first-order chi connectivity index (χ1) is 19.0. The predicted molar refractivity (Wildman–Crippen MR) is 147 cm³/mol. The molecule has 2 aromatic heterocycles. The van der Waals surface area contributed by atoms with Crippen LogP contribution < -0.4 is 9.64 Å². The molecule has 1 aliphatic rings. The van der Waals surface area contributed by atoms with Crippen LogP contribution >= 0.6 is 23.1 Å². The summed E-state index contributed by atoms with van der Waals surface area (Å²) in [6.45, 7) is 2.56. The molecule has 1 fully saturated rings. The maximum atomic E-state index is 13.3. The number of rotatable bonds is 9. The van der Waals surface area contributed by atoms with Gasteiger partial charge in [0.2, 0.25) is 5.13 Å². The van der Waals surface area contributed by atoms with Crippen LogP contribution in [-0.2, 0) is 15.3 Å². The first kappa shape index (κ1) is 26.5. The van der Waals surface area contributed by atoms with Crippen LogP contribution in [0.3, 0.4) is 0 Å². The number of hydrogen-bond donors (Lipinski definition) is 1. The van der Waals surface area contributed by atoms with Crippen molar-refractivity contribution >= 4 is 45.7 Å². The molecule has 3 heterocycles. The Bertz CT molecular complexity index is 1510. The third-order valence-corrected chi connectivity index (χ3v) is 8.05. The van der Waals surface area contributed by atoms with Gasteiger partial charge in [0, 0.05) is 23.7 Å². The van der Waals surface area contributed by atoms with Crippen LogP contribution in [0.4, 0.5) is 9.52 Å². The highest BCUT2D eigenvalue weighted by atomic mass is 32.2. The second-order valence-corrected chi connectivity index (χ2v) is 10.8. The largest absolute Gasteiger partial charge is 0.507 e. The molecule has 1 saturated heterocycles. The first-order valence-electron chi connectivity index (χ1n) is 12.1. The molecule has 198 valence electrons. The molecule has 5 rings (SSSR count). The van der Waals surface area contributed by atoms with Crippen molar-refractivity contribution in [2.45, 2.75) is 29.5 Å². The molecular weight excluding hydrogens is 539 g/mol. The molecule has 11 heteroatoms. The van der Waals surface area contributed by atoms with E-state index >= 15 is 0 Å². The van der Waals surface area contributed by atoms with Crippen molar-refractivity contribution in [2.24, 2.45) is 0 Å². The van der Waals surface area contributed by atoms with Crippen LogP contribution in [0, 0.1) is 5.82 Å². The molecule has 4 aromatic rings. The number of ether oxygens (including phenoxy) is 1. The number of halogens is 1. The summed E-state index contributed by atoms with van der Waals surface area (Å²) in [7, 11) is 0. The smallest absolute Gasteiger partial charge is 0.301 e. The molecule has 39 heavy (non-hydrogen) atoms. The normalized spacial score (nSPS) is 16.6. The number of aromatic nitrogens is 3. The van der Waals surface area contributed by atoms with Gasteiger partial charge in [-0.05, 0) is 60.0 Å². The van der Waals surface area contributed by atoms with Gasteiger partial charge < -0.3 is 9.84 Å². The van der Waals surface area contributed by atoms with E-state index in [1.807, 2.05) is 6.92 Å². The second kappa shape index (κ2) is 11.7. The quantitative estimate of drug-likeness (QED) is 0.0900. The number of carbonyl (C=O) groups is 2. The van der Waals surface area contributed by atoms with E-state index in [-0.39, 0.29) is 22.3 Å². The van der Waals surface area contributed by atoms with Crippen molar-refractivity contribution in [1.82, 2.24) is 15.2 Å². The van der Waals surface area contributed by atoms with E-state index in [1.54, 1.807) is 60.9 Å². The van der Waals surface area contributed by atoms with Gasteiger partial charge in [-0.15, -0.1) is 10.2 Å². The van der Waals surface area contributed by atoms with Crippen LogP contribution in [0.25, 0.3) is 5.76 Å². The number of thioether (sulfide) groups is 1. The maximum absolute atomic E-state index is 13.3. The topological polar surface area (TPSA) is 106 Å². The second-order valence-electron chi connectivity index (χ2n) is 8.59. The number of aliphatic hydroxyl groups is 1. The lowest BCUT2D eigenvalue weighted by molar-refractivity contribution is -0.132. The van der Waals surface area contributed by atoms with Gasteiger partial charge in [0.25, 0.3) is 5.78 Å². The van der Waals surface area contributed by atoms with Gasteiger partial charge in [0.1, 0.15) is 17.3 Å². The number of nitrogens with zero attached hydrogens (tertiary/aromatic N) is 4. The summed E-state index contributed by atoms with van der Waals surface area (Å²) >= 11 is 2.54. The number of anilines is 1.